The largest absolute Gasteiger partial charge is 0.420 e. The van der Waals surface area contributed by atoms with Crippen LogP contribution in [0.5, 0.6) is 0 Å². The number of H-pyrrole nitrogens is 2. The zero-order valence-corrected chi connectivity index (χ0v) is 18.8. The van der Waals surface area contributed by atoms with Crippen LogP contribution < -0.4 is 5.32 Å². The number of hydrogen-bond donors (Lipinski definition) is 3. The van der Waals surface area contributed by atoms with Gasteiger partial charge in [-0.25, -0.2) is 4.39 Å². The molecule has 0 radical (unpaired) electrons. The van der Waals surface area contributed by atoms with Crippen molar-refractivity contribution in [3.8, 4) is 0 Å². The van der Waals surface area contributed by atoms with Crippen LogP contribution in [0.3, 0.4) is 0 Å². The van der Waals surface area contributed by atoms with Crippen LogP contribution in [-0.4, -0.2) is 26.3 Å². The van der Waals surface area contributed by atoms with Crippen molar-refractivity contribution in [1.82, 2.24) is 25.7 Å². The molecule has 2 aromatic heterocycles. The van der Waals surface area contributed by atoms with Crippen LogP contribution in [0.15, 0.2) is 54.7 Å². The van der Waals surface area contributed by atoms with E-state index in [1.807, 2.05) is 19.1 Å². The van der Waals surface area contributed by atoms with E-state index in [-0.39, 0.29) is 18.7 Å². The Balaban J connectivity index is 1.49. The van der Waals surface area contributed by atoms with Crippen molar-refractivity contribution in [2.24, 2.45) is 0 Å². The fourth-order valence-corrected chi connectivity index (χ4v) is 3.80. The summed E-state index contributed by atoms with van der Waals surface area (Å²) < 4.78 is 54.5. The van der Waals surface area contributed by atoms with Gasteiger partial charge in [0, 0.05) is 25.1 Å². The number of carbonyl (C=O) groups is 1. The minimum atomic E-state index is -4.78. The van der Waals surface area contributed by atoms with Gasteiger partial charge in [0.15, 0.2) is 5.69 Å². The number of hydrogen-bond acceptors (Lipinski definition) is 3. The monoisotopic (exact) mass is 485 g/mol. The lowest BCUT2D eigenvalue weighted by Gasteiger charge is -2.11. The van der Waals surface area contributed by atoms with Gasteiger partial charge in [-0.15, -0.1) is 0 Å². The van der Waals surface area contributed by atoms with Gasteiger partial charge in [0.05, 0.1) is 11.9 Å². The molecule has 3 N–H and O–H groups in total. The Hall–Kier alpha value is -3.95. The van der Waals surface area contributed by atoms with E-state index in [0.29, 0.717) is 23.1 Å². The van der Waals surface area contributed by atoms with Gasteiger partial charge in [-0.1, -0.05) is 48.5 Å². The second-order valence-electron chi connectivity index (χ2n) is 8.26. The zero-order valence-electron chi connectivity index (χ0n) is 18.8. The number of rotatable bonds is 8. The summed E-state index contributed by atoms with van der Waals surface area (Å²) in [6.45, 7) is 1.22. The standard InChI is InChI=1S/C25H23F4N5O/c1-15-13-31-32-20(15)10-16-5-7-17(8-6-16)11-21-22(25(27,28)29)23(34-33-21)24(35)30-14-19-4-2-3-18(9-19)12-26/h2-9,13H,10-12,14H2,1H3,(H,30,35)(H,31,32)(H,33,34). The summed E-state index contributed by atoms with van der Waals surface area (Å²) in [5, 5.41) is 15.4. The molecule has 0 saturated heterocycles. The van der Waals surface area contributed by atoms with Gasteiger partial charge >= 0.3 is 6.18 Å². The lowest BCUT2D eigenvalue weighted by atomic mass is 10.0. The van der Waals surface area contributed by atoms with E-state index in [0.717, 1.165) is 16.8 Å². The Kier molecular flexibility index (Phi) is 6.99. The van der Waals surface area contributed by atoms with Crippen molar-refractivity contribution in [1.29, 1.82) is 0 Å². The SMILES string of the molecule is Cc1cn[nH]c1Cc1ccc(Cc2[nH]nc(C(=O)NCc3cccc(CF)c3)c2C(F)(F)F)cc1. The van der Waals surface area contributed by atoms with Crippen LogP contribution in [0.2, 0.25) is 0 Å². The van der Waals surface area contributed by atoms with Crippen LogP contribution >= 0.6 is 0 Å². The maximum atomic E-state index is 13.9. The summed E-state index contributed by atoms with van der Waals surface area (Å²) in [5.74, 6) is -0.962. The molecule has 4 aromatic rings. The number of alkyl halides is 4. The summed E-state index contributed by atoms with van der Waals surface area (Å²) in [4.78, 5) is 12.6. The molecule has 0 atom stereocenters. The summed E-state index contributed by atoms with van der Waals surface area (Å²) in [5.41, 5.74) is 2.60. The molecule has 182 valence electrons. The molecule has 0 spiro atoms. The molecular weight excluding hydrogens is 462 g/mol. The van der Waals surface area contributed by atoms with E-state index in [1.54, 1.807) is 36.5 Å². The fourth-order valence-electron chi connectivity index (χ4n) is 3.80. The number of nitrogens with zero attached hydrogens (tertiary/aromatic N) is 2. The van der Waals surface area contributed by atoms with Crippen molar-refractivity contribution < 1.29 is 22.4 Å². The first-order valence-electron chi connectivity index (χ1n) is 10.9. The Bertz CT molecular complexity index is 1310. The zero-order chi connectivity index (χ0) is 25.0. The number of aryl methyl sites for hydroxylation is 1. The Morgan fingerprint density at radius 3 is 2.20 bits per heavy atom. The molecule has 0 aliphatic heterocycles. The highest BCUT2D eigenvalue weighted by Gasteiger charge is 2.40. The highest BCUT2D eigenvalue weighted by atomic mass is 19.4. The second-order valence-corrected chi connectivity index (χ2v) is 8.26. The van der Waals surface area contributed by atoms with Crippen LogP contribution in [0.1, 0.15) is 55.3 Å². The van der Waals surface area contributed by atoms with Gasteiger partial charge < -0.3 is 5.32 Å². The third-order valence-electron chi connectivity index (χ3n) is 5.66. The third kappa shape index (κ3) is 5.76. The molecule has 0 bridgehead atoms. The van der Waals surface area contributed by atoms with E-state index in [2.05, 4.69) is 25.7 Å². The van der Waals surface area contributed by atoms with E-state index < -0.39 is 30.0 Å². The predicted octanol–water partition coefficient (Wildman–Crippen LogP) is 5.04. The summed E-state index contributed by atoms with van der Waals surface area (Å²) in [6.07, 6.45) is -2.49. The van der Waals surface area contributed by atoms with Crippen molar-refractivity contribution in [3.05, 3.63) is 105 Å². The highest BCUT2D eigenvalue weighted by molar-refractivity contribution is 5.94. The topological polar surface area (TPSA) is 86.5 Å². The molecule has 0 saturated carbocycles. The number of amides is 1. The number of benzene rings is 2. The van der Waals surface area contributed by atoms with Gasteiger partial charge in [-0.2, -0.15) is 23.4 Å². The Morgan fingerprint density at radius 1 is 0.943 bits per heavy atom. The number of aromatic amines is 2. The van der Waals surface area contributed by atoms with Crippen LogP contribution in [-0.2, 0) is 32.2 Å². The normalized spacial score (nSPS) is 11.6. The van der Waals surface area contributed by atoms with Crippen molar-refractivity contribution >= 4 is 5.91 Å². The van der Waals surface area contributed by atoms with Gasteiger partial charge in [-0.05, 0) is 34.7 Å². The number of nitrogens with one attached hydrogen (secondary N) is 3. The number of halogens is 4. The van der Waals surface area contributed by atoms with E-state index in [4.69, 9.17) is 0 Å². The van der Waals surface area contributed by atoms with E-state index in [9.17, 15) is 22.4 Å². The van der Waals surface area contributed by atoms with Gasteiger partial charge in [0.25, 0.3) is 5.91 Å². The van der Waals surface area contributed by atoms with Crippen LogP contribution in [0.25, 0.3) is 0 Å². The number of aromatic nitrogens is 4. The summed E-state index contributed by atoms with van der Waals surface area (Å²) in [7, 11) is 0. The summed E-state index contributed by atoms with van der Waals surface area (Å²) >= 11 is 0. The average Bonchev–Trinajstić information content (AvgIpc) is 3.45. The third-order valence-corrected chi connectivity index (χ3v) is 5.66. The molecule has 10 heteroatoms. The lowest BCUT2D eigenvalue weighted by molar-refractivity contribution is -0.138. The molecule has 0 aliphatic carbocycles. The van der Waals surface area contributed by atoms with Gasteiger partial charge in [-0.3, -0.25) is 15.0 Å². The maximum Gasteiger partial charge on any atom is 0.420 e. The molecule has 0 fully saturated rings. The van der Waals surface area contributed by atoms with Crippen molar-refractivity contribution in [3.63, 3.8) is 0 Å². The quantitative estimate of drug-likeness (QED) is 0.306. The molecule has 2 heterocycles. The number of carbonyl (C=O) groups excluding carboxylic acids is 1. The highest BCUT2D eigenvalue weighted by Crippen LogP contribution is 2.34. The molecule has 0 unspecified atom stereocenters. The first kappa shape index (κ1) is 24.2. The smallest absolute Gasteiger partial charge is 0.347 e. The molecule has 2 aromatic carbocycles. The summed E-state index contributed by atoms with van der Waals surface area (Å²) in [6, 6.07) is 13.6. The first-order chi connectivity index (χ1) is 16.7. The van der Waals surface area contributed by atoms with E-state index >= 15 is 0 Å². The van der Waals surface area contributed by atoms with E-state index in [1.165, 1.54) is 6.07 Å². The van der Waals surface area contributed by atoms with Crippen molar-refractivity contribution in [2.75, 3.05) is 0 Å². The molecule has 6 nitrogen and oxygen atoms in total. The fraction of sp³-hybridized carbons (Fsp3) is 0.240. The van der Waals surface area contributed by atoms with Crippen LogP contribution in [0, 0.1) is 6.92 Å². The molecular formula is C25H23F4N5O. The maximum absolute atomic E-state index is 13.9. The second kappa shape index (κ2) is 10.1. The molecule has 4 rings (SSSR count). The molecule has 1 amide bonds. The first-order valence-corrected chi connectivity index (χ1v) is 10.9. The Morgan fingerprint density at radius 2 is 1.60 bits per heavy atom. The lowest BCUT2D eigenvalue weighted by Crippen LogP contribution is -2.26. The Labute approximate surface area is 198 Å². The predicted molar refractivity (Wildman–Crippen MR) is 121 cm³/mol. The molecule has 35 heavy (non-hydrogen) atoms. The van der Waals surface area contributed by atoms with Crippen LogP contribution in [0.4, 0.5) is 17.6 Å². The van der Waals surface area contributed by atoms with Crippen molar-refractivity contribution in [2.45, 2.75) is 39.2 Å². The van der Waals surface area contributed by atoms with Gasteiger partial charge in [0.1, 0.15) is 12.2 Å². The molecule has 0 aliphatic rings. The van der Waals surface area contributed by atoms with Gasteiger partial charge in [0.2, 0.25) is 0 Å². The minimum absolute atomic E-state index is 0.0522. The average molecular weight is 485 g/mol. The minimum Gasteiger partial charge on any atom is -0.347 e.